The second-order valence-corrected chi connectivity index (χ2v) is 5.89. The van der Waals surface area contributed by atoms with Crippen LogP contribution >= 0.6 is 0 Å². The number of rotatable bonds is 3. The summed E-state index contributed by atoms with van der Waals surface area (Å²) in [5, 5.41) is 28.3. The molecule has 114 valence electrons. The molecule has 3 rings (SSSR count). The monoisotopic (exact) mass is 298 g/mol. The maximum Gasteiger partial charge on any atom is 0.129 e. The van der Waals surface area contributed by atoms with Crippen LogP contribution < -0.4 is 4.90 Å². The van der Waals surface area contributed by atoms with E-state index >= 15 is 0 Å². The Hall–Kier alpha value is -2.46. The molecule has 7 heteroatoms. The average Bonchev–Trinajstić information content (AvgIpc) is 3.15. The van der Waals surface area contributed by atoms with Gasteiger partial charge in [-0.3, -0.25) is 4.98 Å². The first-order chi connectivity index (χ1) is 10.5. The van der Waals surface area contributed by atoms with Gasteiger partial charge in [-0.25, -0.2) is 4.68 Å². The van der Waals surface area contributed by atoms with Gasteiger partial charge in [0.05, 0.1) is 24.0 Å². The van der Waals surface area contributed by atoms with E-state index in [-0.39, 0.29) is 6.04 Å². The van der Waals surface area contributed by atoms with Crippen molar-refractivity contribution in [1.82, 2.24) is 20.0 Å². The van der Waals surface area contributed by atoms with Crippen LogP contribution in [0.15, 0.2) is 24.7 Å². The fourth-order valence-corrected chi connectivity index (χ4v) is 2.70. The van der Waals surface area contributed by atoms with E-state index in [1.165, 1.54) is 0 Å². The topological polar surface area (TPSA) is 90.9 Å². The Balaban J connectivity index is 1.85. The summed E-state index contributed by atoms with van der Waals surface area (Å²) < 4.78 is 1.74. The smallest absolute Gasteiger partial charge is 0.129 e. The number of aromatic nitrogens is 4. The van der Waals surface area contributed by atoms with E-state index in [4.69, 9.17) is 0 Å². The van der Waals surface area contributed by atoms with Crippen LogP contribution in [0.25, 0.3) is 0 Å². The molecule has 1 fully saturated rings. The highest BCUT2D eigenvalue weighted by molar-refractivity contribution is 5.59. The van der Waals surface area contributed by atoms with Crippen molar-refractivity contribution in [2.24, 2.45) is 0 Å². The predicted molar refractivity (Wildman–Crippen MR) is 80.1 cm³/mol. The lowest BCUT2D eigenvalue weighted by atomic mass is 10.00. The average molecular weight is 298 g/mol. The summed E-state index contributed by atoms with van der Waals surface area (Å²) in [6, 6.07) is 4.14. The molecule has 0 amide bonds. The van der Waals surface area contributed by atoms with E-state index < -0.39 is 5.60 Å². The molecule has 2 aromatic heterocycles. The molecular weight excluding hydrogens is 280 g/mol. The van der Waals surface area contributed by atoms with Gasteiger partial charge in [-0.05, 0) is 19.9 Å². The summed E-state index contributed by atoms with van der Waals surface area (Å²) in [5.41, 5.74) is 0.849. The van der Waals surface area contributed by atoms with E-state index in [1.807, 2.05) is 18.7 Å². The van der Waals surface area contributed by atoms with Crippen LogP contribution in [0, 0.1) is 11.3 Å². The molecule has 0 aromatic carbocycles. The van der Waals surface area contributed by atoms with Crippen molar-refractivity contribution >= 4 is 5.69 Å². The highest BCUT2D eigenvalue weighted by Crippen LogP contribution is 2.34. The first-order valence-electron chi connectivity index (χ1n) is 7.27. The van der Waals surface area contributed by atoms with Crippen LogP contribution in [0.4, 0.5) is 5.69 Å². The number of pyridine rings is 1. The van der Waals surface area contributed by atoms with E-state index in [0.29, 0.717) is 30.8 Å². The number of nitrogens with zero attached hydrogens (tertiary/aromatic N) is 6. The van der Waals surface area contributed by atoms with Crippen molar-refractivity contribution < 1.29 is 5.11 Å². The first-order valence-corrected chi connectivity index (χ1v) is 7.27. The standard InChI is InChI=1S/C15H18N6O/c1-11(2)21-9-14(18-19-21)15(22)4-6-20(10-15)13-3-5-17-8-12(13)7-16/h3,5,8-9,11,22H,4,6,10H2,1-2H3. The maximum atomic E-state index is 10.9. The number of β-amino-alcohol motifs (C(OH)–C–C–N with tert-alkyl or cyclic N) is 1. The highest BCUT2D eigenvalue weighted by atomic mass is 16.3. The Kier molecular flexibility index (Phi) is 3.54. The Bertz CT molecular complexity index is 719. The van der Waals surface area contributed by atoms with Crippen LogP contribution in [-0.2, 0) is 5.60 Å². The zero-order chi connectivity index (χ0) is 15.7. The Morgan fingerprint density at radius 3 is 2.95 bits per heavy atom. The lowest BCUT2D eigenvalue weighted by Crippen LogP contribution is -2.31. The first kappa shape index (κ1) is 14.5. The van der Waals surface area contributed by atoms with E-state index in [0.717, 1.165) is 5.69 Å². The van der Waals surface area contributed by atoms with Gasteiger partial charge in [0, 0.05) is 31.4 Å². The van der Waals surface area contributed by atoms with Crippen molar-refractivity contribution in [3.8, 4) is 6.07 Å². The Morgan fingerprint density at radius 1 is 1.45 bits per heavy atom. The minimum absolute atomic E-state index is 0.202. The second kappa shape index (κ2) is 5.39. The summed E-state index contributed by atoms with van der Waals surface area (Å²) in [7, 11) is 0. The summed E-state index contributed by atoms with van der Waals surface area (Å²) in [6.07, 6.45) is 5.55. The van der Waals surface area contributed by atoms with E-state index in [2.05, 4.69) is 21.4 Å². The summed E-state index contributed by atoms with van der Waals surface area (Å²) in [4.78, 5) is 5.96. The molecule has 1 aliphatic rings. The number of hydrogen-bond donors (Lipinski definition) is 1. The fourth-order valence-electron chi connectivity index (χ4n) is 2.70. The van der Waals surface area contributed by atoms with Gasteiger partial charge in [0.25, 0.3) is 0 Å². The lowest BCUT2D eigenvalue weighted by Gasteiger charge is -2.23. The molecule has 2 aromatic rings. The molecular formula is C15H18N6O. The third kappa shape index (κ3) is 2.42. The zero-order valence-electron chi connectivity index (χ0n) is 12.6. The van der Waals surface area contributed by atoms with Crippen molar-refractivity contribution in [2.45, 2.75) is 31.9 Å². The van der Waals surface area contributed by atoms with Gasteiger partial charge >= 0.3 is 0 Å². The Labute approximate surface area is 128 Å². The molecule has 0 saturated carbocycles. The van der Waals surface area contributed by atoms with Crippen LogP contribution in [0.3, 0.4) is 0 Å². The molecule has 0 bridgehead atoms. The number of anilines is 1. The molecule has 22 heavy (non-hydrogen) atoms. The molecule has 0 spiro atoms. The summed E-state index contributed by atoms with van der Waals surface area (Å²) >= 11 is 0. The van der Waals surface area contributed by atoms with Gasteiger partial charge in [-0.2, -0.15) is 5.26 Å². The molecule has 1 unspecified atom stereocenters. The fraction of sp³-hybridized carbons (Fsp3) is 0.467. The SMILES string of the molecule is CC(C)n1cc(C2(O)CCN(c3ccncc3C#N)C2)nn1. The molecule has 1 saturated heterocycles. The van der Waals surface area contributed by atoms with Crippen molar-refractivity contribution in [3.05, 3.63) is 35.9 Å². The molecule has 0 aliphatic carbocycles. The maximum absolute atomic E-state index is 10.9. The minimum atomic E-state index is -1.04. The molecule has 1 N–H and O–H groups in total. The number of nitriles is 1. The van der Waals surface area contributed by atoms with Gasteiger partial charge in [0.15, 0.2) is 0 Å². The molecule has 3 heterocycles. The third-order valence-electron chi connectivity index (χ3n) is 4.02. The van der Waals surface area contributed by atoms with E-state index in [1.54, 1.807) is 29.3 Å². The molecule has 7 nitrogen and oxygen atoms in total. The normalized spacial score (nSPS) is 21.3. The molecule has 1 aliphatic heterocycles. The summed E-state index contributed by atoms with van der Waals surface area (Å²) in [6.45, 7) is 5.07. The zero-order valence-corrected chi connectivity index (χ0v) is 12.6. The number of hydrogen-bond acceptors (Lipinski definition) is 6. The quantitative estimate of drug-likeness (QED) is 0.916. The highest BCUT2D eigenvalue weighted by Gasteiger charge is 2.40. The van der Waals surface area contributed by atoms with Crippen LogP contribution in [0.1, 0.15) is 37.6 Å². The van der Waals surface area contributed by atoms with Gasteiger partial charge in [-0.15, -0.1) is 5.10 Å². The van der Waals surface area contributed by atoms with Gasteiger partial charge in [-0.1, -0.05) is 5.21 Å². The molecule has 0 radical (unpaired) electrons. The summed E-state index contributed by atoms with van der Waals surface area (Å²) in [5.74, 6) is 0. The third-order valence-corrected chi connectivity index (χ3v) is 4.02. The predicted octanol–water partition coefficient (Wildman–Crippen LogP) is 1.22. The minimum Gasteiger partial charge on any atom is -0.381 e. The van der Waals surface area contributed by atoms with Gasteiger partial charge in [0.2, 0.25) is 0 Å². The van der Waals surface area contributed by atoms with Crippen molar-refractivity contribution in [3.63, 3.8) is 0 Å². The largest absolute Gasteiger partial charge is 0.381 e. The van der Waals surface area contributed by atoms with Crippen LogP contribution in [0.5, 0.6) is 0 Å². The van der Waals surface area contributed by atoms with Crippen molar-refractivity contribution in [2.75, 3.05) is 18.0 Å². The lowest BCUT2D eigenvalue weighted by molar-refractivity contribution is 0.0559. The van der Waals surface area contributed by atoms with Crippen molar-refractivity contribution in [1.29, 1.82) is 5.26 Å². The van der Waals surface area contributed by atoms with Gasteiger partial charge in [0.1, 0.15) is 17.4 Å². The Morgan fingerprint density at radius 2 is 2.27 bits per heavy atom. The van der Waals surface area contributed by atoms with Gasteiger partial charge < -0.3 is 10.0 Å². The van der Waals surface area contributed by atoms with E-state index in [9.17, 15) is 10.4 Å². The van der Waals surface area contributed by atoms with Crippen LogP contribution in [0.2, 0.25) is 0 Å². The molecule has 1 atom stereocenters. The number of aliphatic hydroxyl groups is 1. The van der Waals surface area contributed by atoms with Crippen LogP contribution in [-0.4, -0.2) is 38.2 Å². The second-order valence-electron chi connectivity index (χ2n) is 5.89.